The van der Waals surface area contributed by atoms with Crippen molar-refractivity contribution in [2.24, 2.45) is 0 Å². The van der Waals surface area contributed by atoms with Crippen LogP contribution in [0.1, 0.15) is 5.56 Å². The summed E-state index contributed by atoms with van der Waals surface area (Å²) in [6.07, 6.45) is 4.60. The number of aromatic nitrogens is 1. The van der Waals surface area contributed by atoms with Gasteiger partial charge in [-0.3, -0.25) is 4.98 Å². The van der Waals surface area contributed by atoms with E-state index in [-0.39, 0.29) is 5.75 Å². The van der Waals surface area contributed by atoms with Gasteiger partial charge in [-0.2, -0.15) is 0 Å². The fraction of sp³-hybridized carbons (Fsp3) is 0.500. The Labute approximate surface area is 101 Å². The number of hydrogen-bond acceptors (Lipinski definition) is 4. The smallest absolute Gasteiger partial charge is 0.149 e. The summed E-state index contributed by atoms with van der Waals surface area (Å²) in [6.45, 7) is 0.439. The first-order chi connectivity index (χ1) is 7.44. The summed E-state index contributed by atoms with van der Waals surface area (Å²) < 4.78 is 22.1. The van der Waals surface area contributed by atoms with Crippen LogP contribution < -0.4 is 4.90 Å². The second-order valence-corrected chi connectivity index (χ2v) is 6.22. The van der Waals surface area contributed by atoms with Crippen LogP contribution in [0.2, 0.25) is 0 Å². The molecule has 0 atom stereocenters. The van der Waals surface area contributed by atoms with Gasteiger partial charge in [0.2, 0.25) is 0 Å². The predicted octanol–water partition coefficient (Wildman–Crippen LogP) is 1.30. The van der Waals surface area contributed by atoms with Crippen LogP contribution in [0.3, 0.4) is 0 Å². The Morgan fingerprint density at radius 3 is 2.75 bits per heavy atom. The third-order valence-corrected chi connectivity index (χ3v) is 3.45. The number of alkyl halides is 1. The minimum absolute atomic E-state index is 0.125. The van der Waals surface area contributed by atoms with E-state index >= 15 is 0 Å². The SMILES string of the molecule is CN(CCS(C)(=O)=O)c1cnccc1CCl. The van der Waals surface area contributed by atoms with E-state index in [1.54, 1.807) is 12.4 Å². The second kappa shape index (κ2) is 5.50. The summed E-state index contributed by atoms with van der Waals surface area (Å²) in [5.41, 5.74) is 1.83. The Morgan fingerprint density at radius 1 is 1.50 bits per heavy atom. The molecule has 6 heteroatoms. The molecule has 90 valence electrons. The van der Waals surface area contributed by atoms with Crippen LogP contribution in [0.15, 0.2) is 18.5 Å². The van der Waals surface area contributed by atoms with Crippen molar-refractivity contribution in [2.45, 2.75) is 5.88 Å². The number of hydrogen-bond donors (Lipinski definition) is 0. The minimum Gasteiger partial charge on any atom is -0.372 e. The van der Waals surface area contributed by atoms with Gasteiger partial charge in [-0.15, -0.1) is 11.6 Å². The lowest BCUT2D eigenvalue weighted by Gasteiger charge is -2.20. The normalized spacial score (nSPS) is 11.4. The Balaban J connectivity index is 2.76. The molecule has 0 amide bonds. The van der Waals surface area contributed by atoms with Gasteiger partial charge < -0.3 is 4.90 Å². The molecule has 0 bridgehead atoms. The fourth-order valence-corrected chi connectivity index (χ4v) is 2.13. The van der Waals surface area contributed by atoms with Crippen LogP contribution in [0.4, 0.5) is 5.69 Å². The third-order valence-electron chi connectivity index (χ3n) is 2.24. The topological polar surface area (TPSA) is 50.3 Å². The Kier molecular flexibility index (Phi) is 4.56. The molecule has 0 saturated carbocycles. The number of pyridine rings is 1. The van der Waals surface area contributed by atoms with E-state index in [0.29, 0.717) is 12.4 Å². The predicted molar refractivity (Wildman–Crippen MR) is 66.8 cm³/mol. The van der Waals surface area contributed by atoms with Crippen LogP contribution in [-0.2, 0) is 15.7 Å². The highest BCUT2D eigenvalue weighted by Crippen LogP contribution is 2.19. The van der Waals surface area contributed by atoms with Crippen LogP contribution in [-0.4, -0.2) is 39.0 Å². The van der Waals surface area contributed by atoms with E-state index in [2.05, 4.69) is 4.98 Å². The average Bonchev–Trinajstić information content (AvgIpc) is 2.25. The molecule has 1 heterocycles. The van der Waals surface area contributed by atoms with Crippen LogP contribution >= 0.6 is 11.6 Å². The van der Waals surface area contributed by atoms with Gasteiger partial charge in [0.15, 0.2) is 0 Å². The number of halogens is 1. The number of anilines is 1. The molecule has 4 nitrogen and oxygen atoms in total. The van der Waals surface area contributed by atoms with Crippen molar-refractivity contribution in [2.75, 3.05) is 30.5 Å². The van der Waals surface area contributed by atoms with E-state index in [9.17, 15) is 8.42 Å². The zero-order chi connectivity index (χ0) is 12.2. The average molecular weight is 263 g/mol. The van der Waals surface area contributed by atoms with E-state index in [1.807, 2.05) is 18.0 Å². The maximum atomic E-state index is 11.1. The first kappa shape index (κ1) is 13.3. The summed E-state index contributed by atoms with van der Waals surface area (Å²) in [7, 11) is -1.11. The highest BCUT2D eigenvalue weighted by atomic mass is 35.5. The molecule has 16 heavy (non-hydrogen) atoms. The lowest BCUT2D eigenvalue weighted by molar-refractivity contribution is 0.601. The monoisotopic (exact) mass is 262 g/mol. The molecule has 0 spiro atoms. The molecule has 1 aromatic heterocycles. The standard InChI is InChI=1S/C10H15ClN2O2S/c1-13(5-6-16(2,14)15)10-8-12-4-3-9(10)7-11/h3-4,8H,5-7H2,1-2H3. The van der Waals surface area contributed by atoms with E-state index in [4.69, 9.17) is 11.6 Å². The van der Waals surface area contributed by atoms with Gasteiger partial charge in [-0.05, 0) is 11.6 Å². The Bertz CT molecular complexity index is 448. The second-order valence-electron chi connectivity index (χ2n) is 3.69. The summed E-state index contributed by atoms with van der Waals surface area (Å²) in [5.74, 6) is 0.515. The largest absolute Gasteiger partial charge is 0.372 e. The first-order valence-electron chi connectivity index (χ1n) is 4.82. The highest BCUT2D eigenvalue weighted by molar-refractivity contribution is 7.90. The van der Waals surface area contributed by atoms with Gasteiger partial charge in [0.05, 0.1) is 17.6 Å². The lowest BCUT2D eigenvalue weighted by Crippen LogP contribution is -2.25. The molecule has 0 aliphatic carbocycles. The van der Waals surface area contributed by atoms with E-state index in [1.165, 1.54) is 6.26 Å². The maximum absolute atomic E-state index is 11.1. The molecule has 0 fully saturated rings. The summed E-state index contributed by atoms with van der Waals surface area (Å²) in [6, 6.07) is 1.83. The molecule has 0 aliphatic rings. The van der Waals surface area contributed by atoms with Gasteiger partial charge in [-0.25, -0.2) is 8.42 Å². The number of nitrogens with zero attached hydrogens (tertiary/aromatic N) is 2. The van der Waals surface area contributed by atoms with Crippen LogP contribution in [0.5, 0.6) is 0 Å². The highest BCUT2D eigenvalue weighted by Gasteiger charge is 2.09. The molecule has 0 saturated heterocycles. The van der Waals surface area contributed by atoms with Crippen molar-refractivity contribution >= 4 is 27.1 Å². The summed E-state index contributed by atoms with van der Waals surface area (Å²) >= 11 is 5.79. The molecular weight excluding hydrogens is 248 g/mol. The van der Waals surface area contributed by atoms with Crippen molar-refractivity contribution < 1.29 is 8.42 Å². The summed E-state index contributed by atoms with van der Waals surface area (Å²) in [5, 5.41) is 0. The molecule has 1 rings (SSSR count). The molecule has 0 N–H and O–H groups in total. The fourth-order valence-electron chi connectivity index (χ4n) is 1.29. The van der Waals surface area contributed by atoms with Crippen molar-refractivity contribution in [3.63, 3.8) is 0 Å². The summed E-state index contributed by atoms with van der Waals surface area (Å²) in [4.78, 5) is 5.86. The first-order valence-corrected chi connectivity index (χ1v) is 7.41. The van der Waals surface area contributed by atoms with Crippen molar-refractivity contribution in [3.8, 4) is 0 Å². The van der Waals surface area contributed by atoms with Crippen molar-refractivity contribution in [1.29, 1.82) is 0 Å². The molecule has 0 radical (unpaired) electrons. The zero-order valence-electron chi connectivity index (χ0n) is 9.35. The van der Waals surface area contributed by atoms with Gasteiger partial charge in [0, 0.05) is 31.9 Å². The Morgan fingerprint density at radius 2 is 2.19 bits per heavy atom. The van der Waals surface area contributed by atoms with Crippen molar-refractivity contribution in [3.05, 3.63) is 24.0 Å². The van der Waals surface area contributed by atoms with Crippen LogP contribution in [0.25, 0.3) is 0 Å². The lowest BCUT2D eigenvalue weighted by atomic mass is 10.2. The molecular formula is C10H15ClN2O2S. The van der Waals surface area contributed by atoms with Gasteiger partial charge >= 0.3 is 0 Å². The van der Waals surface area contributed by atoms with E-state index < -0.39 is 9.84 Å². The minimum atomic E-state index is -2.94. The van der Waals surface area contributed by atoms with Gasteiger partial charge in [-0.1, -0.05) is 0 Å². The zero-order valence-corrected chi connectivity index (χ0v) is 10.9. The molecule has 0 aliphatic heterocycles. The Hall–Kier alpha value is -0.810. The molecule has 0 unspecified atom stereocenters. The quantitative estimate of drug-likeness (QED) is 0.751. The van der Waals surface area contributed by atoms with Crippen LogP contribution in [0, 0.1) is 0 Å². The van der Waals surface area contributed by atoms with Gasteiger partial charge in [0.1, 0.15) is 9.84 Å². The third kappa shape index (κ3) is 3.98. The molecule has 0 aromatic carbocycles. The number of sulfone groups is 1. The van der Waals surface area contributed by atoms with E-state index in [0.717, 1.165) is 11.3 Å². The van der Waals surface area contributed by atoms with Gasteiger partial charge in [0.25, 0.3) is 0 Å². The van der Waals surface area contributed by atoms with Crippen molar-refractivity contribution in [1.82, 2.24) is 4.98 Å². The maximum Gasteiger partial charge on any atom is 0.149 e. The number of rotatable bonds is 5. The molecule has 1 aromatic rings.